The van der Waals surface area contributed by atoms with Crippen LogP contribution in [0.3, 0.4) is 0 Å². The highest BCUT2D eigenvalue weighted by molar-refractivity contribution is 7.94. The van der Waals surface area contributed by atoms with E-state index in [-0.39, 0.29) is 29.7 Å². The Morgan fingerprint density at radius 1 is 1.16 bits per heavy atom. The molecule has 0 radical (unpaired) electrons. The van der Waals surface area contributed by atoms with Gasteiger partial charge in [0.2, 0.25) is 17.8 Å². The Labute approximate surface area is 160 Å². The largest absolute Gasteiger partial charge is 0.348 e. The normalized spacial score (nSPS) is 12.1. The maximum absolute atomic E-state index is 11.2. The molecule has 10 heteroatoms. The molecule has 0 saturated heterocycles. The predicted molar refractivity (Wildman–Crippen MR) is 99.9 cm³/mol. The summed E-state index contributed by atoms with van der Waals surface area (Å²) in [6.45, 7) is 3.32. The van der Waals surface area contributed by atoms with E-state index in [4.69, 9.17) is 27.4 Å². The topological polar surface area (TPSA) is 89.0 Å². The van der Waals surface area contributed by atoms with Crippen molar-refractivity contribution in [3.05, 3.63) is 35.7 Å². The number of hydrogen-bond acceptors (Lipinski definition) is 7. The summed E-state index contributed by atoms with van der Waals surface area (Å²) >= 11 is 13.0. The Balaban J connectivity index is 2.19. The molecule has 2 rings (SSSR count). The highest BCUT2D eigenvalue weighted by Crippen LogP contribution is 2.25. The van der Waals surface area contributed by atoms with Gasteiger partial charge in [-0.05, 0) is 24.6 Å². The molecule has 1 atom stereocenters. The maximum atomic E-state index is 11.2. The fourth-order valence-corrected chi connectivity index (χ4v) is 2.59. The van der Waals surface area contributed by atoms with Crippen molar-refractivity contribution in [2.75, 3.05) is 17.7 Å². The summed E-state index contributed by atoms with van der Waals surface area (Å²) in [7, 11) is 1.62. The van der Waals surface area contributed by atoms with Crippen LogP contribution in [0.25, 0.3) is 0 Å². The van der Waals surface area contributed by atoms with Gasteiger partial charge < -0.3 is 9.50 Å². The standard InChI is InChI=1S/C15H17Cl2N5O2S/c1-8(10-4-6-11(7-5-10)25-24-3)18-14-20-13(12(16)17)21-15(22-14)19-9(2)23/h4-8,12H,1-3H3,(H2,18,19,20,21,22,23). The number of hydrogen-bond donors (Lipinski definition) is 2. The minimum atomic E-state index is -0.934. The van der Waals surface area contributed by atoms with E-state index in [9.17, 15) is 4.79 Å². The zero-order chi connectivity index (χ0) is 18.4. The molecule has 0 spiro atoms. The molecule has 1 amide bonds. The van der Waals surface area contributed by atoms with E-state index < -0.39 is 4.84 Å². The minimum Gasteiger partial charge on any atom is -0.348 e. The van der Waals surface area contributed by atoms with Crippen LogP contribution < -0.4 is 10.6 Å². The molecule has 1 unspecified atom stereocenters. The van der Waals surface area contributed by atoms with Gasteiger partial charge >= 0.3 is 0 Å². The fraction of sp³-hybridized carbons (Fsp3) is 0.333. The molecule has 1 heterocycles. The van der Waals surface area contributed by atoms with Gasteiger partial charge in [0.1, 0.15) is 0 Å². The predicted octanol–water partition coefficient (Wildman–Crippen LogP) is 4.13. The summed E-state index contributed by atoms with van der Waals surface area (Å²) in [6, 6.07) is 7.77. The number of halogens is 2. The zero-order valence-corrected chi connectivity index (χ0v) is 16.1. The van der Waals surface area contributed by atoms with Gasteiger partial charge in [-0.2, -0.15) is 15.0 Å². The van der Waals surface area contributed by atoms with Crippen molar-refractivity contribution >= 4 is 53.0 Å². The van der Waals surface area contributed by atoms with Crippen molar-refractivity contribution in [2.24, 2.45) is 0 Å². The van der Waals surface area contributed by atoms with Gasteiger partial charge in [0, 0.05) is 23.9 Å². The zero-order valence-electron chi connectivity index (χ0n) is 13.8. The third-order valence-corrected chi connectivity index (χ3v) is 4.06. The van der Waals surface area contributed by atoms with Gasteiger partial charge in [-0.3, -0.25) is 10.1 Å². The Morgan fingerprint density at radius 2 is 1.80 bits per heavy atom. The van der Waals surface area contributed by atoms with E-state index in [0.29, 0.717) is 0 Å². The smallest absolute Gasteiger partial charge is 0.234 e. The fourth-order valence-electron chi connectivity index (χ4n) is 1.95. The maximum Gasteiger partial charge on any atom is 0.234 e. The van der Waals surface area contributed by atoms with E-state index in [1.807, 2.05) is 31.2 Å². The average Bonchev–Trinajstić information content (AvgIpc) is 2.54. The van der Waals surface area contributed by atoms with Gasteiger partial charge in [-0.1, -0.05) is 35.3 Å². The van der Waals surface area contributed by atoms with Crippen molar-refractivity contribution in [3.63, 3.8) is 0 Å². The highest BCUT2D eigenvalue weighted by Gasteiger charge is 2.15. The summed E-state index contributed by atoms with van der Waals surface area (Å²) in [4.78, 5) is 23.6. The SMILES string of the molecule is COSc1ccc(C(C)Nc2nc(NC(C)=O)nc(C(Cl)Cl)n2)cc1. The first-order valence-electron chi connectivity index (χ1n) is 7.28. The van der Waals surface area contributed by atoms with Crippen molar-refractivity contribution in [1.82, 2.24) is 15.0 Å². The van der Waals surface area contributed by atoms with Crippen LogP contribution in [0.2, 0.25) is 0 Å². The second kappa shape index (κ2) is 9.19. The quantitative estimate of drug-likeness (QED) is 0.532. The Kier molecular flexibility index (Phi) is 7.24. The van der Waals surface area contributed by atoms with E-state index in [1.54, 1.807) is 7.11 Å². The Hall–Kier alpha value is -1.61. The number of nitrogens with zero attached hydrogens (tertiary/aromatic N) is 3. The van der Waals surface area contributed by atoms with Crippen LogP contribution >= 0.6 is 35.2 Å². The van der Waals surface area contributed by atoms with Crippen LogP contribution in [-0.4, -0.2) is 28.0 Å². The Bertz CT molecular complexity index is 730. The van der Waals surface area contributed by atoms with Crippen LogP contribution in [0, 0.1) is 0 Å². The van der Waals surface area contributed by atoms with Crippen molar-refractivity contribution in [3.8, 4) is 0 Å². The van der Waals surface area contributed by atoms with Crippen LogP contribution in [0.4, 0.5) is 11.9 Å². The van der Waals surface area contributed by atoms with Crippen LogP contribution in [0.5, 0.6) is 0 Å². The monoisotopic (exact) mass is 401 g/mol. The number of amides is 1. The lowest BCUT2D eigenvalue weighted by Crippen LogP contribution is -2.15. The third-order valence-electron chi connectivity index (χ3n) is 3.04. The number of carbonyl (C=O) groups is 1. The van der Waals surface area contributed by atoms with Gasteiger partial charge in [0.05, 0.1) is 13.2 Å². The van der Waals surface area contributed by atoms with E-state index in [0.717, 1.165) is 10.5 Å². The number of benzene rings is 1. The summed E-state index contributed by atoms with van der Waals surface area (Å²) in [5.74, 6) is 0.208. The third kappa shape index (κ3) is 6.00. The first kappa shape index (κ1) is 19.7. The molecule has 0 aliphatic heterocycles. The number of carbonyl (C=O) groups excluding carboxylic acids is 1. The van der Waals surface area contributed by atoms with Gasteiger partial charge in [-0.15, -0.1) is 0 Å². The van der Waals surface area contributed by atoms with Crippen molar-refractivity contribution in [2.45, 2.75) is 29.6 Å². The van der Waals surface area contributed by atoms with E-state index in [2.05, 4.69) is 25.6 Å². The lowest BCUT2D eigenvalue weighted by Gasteiger charge is -2.16. The summed E-state index contributed by atoms with van der Waals surface area (Å²) in [6.07, 6.45) is 0. The second-order valence-corrected chi connectivity index (χ2v) is 7.08. The molecular weight excluding hydrogens is 385 g/mol. The van der Waals surface area contributed by atoms with Gasteiger partial charge in [0.15, 0.2) is 10.7 Å². The van der Waals surface area contributed by atoms with Gasteiger partial charge in [-0.25, -0.2) is 0 Å². The molecular formula is C15H17Cl2N5O2S. The number of nitrogens with one attached hydrogen (secondary N) is 2. The van der Waals surface area contributed by atoms with Crippen LogP contribution in [-0.2, 0) is 8.98 Å². The number of aromatic nitrogens is 3. The van der Waals surface area contributed by atoms with Crippen molar-refractivity contribution < 1.29 is 8.98 Å². The van der Waals surface area contributed by atoms with E-state index >= 15 is 0 Å². The molecule has 0 aliphatic carbocycles. The molecule has 7 nitrogen and oxygen atoms in total. The molecule has 2 N–H and O–H groups in total. The second-order valence-electron chi connectivity index (χ2n) is 5.01. The highest BCUT2D eigenvalue weighted by atomic mass is 35.5. The molecule has 0 fully saturated rings. The molecule has 0 aliphatic rings. The van der Waals surface area contributed by atoms with Crippen LogP contribution in [0.15, 0.2) is 29.2 Å². The molecule has 25 heavy (non-hydrogen) atoms. The summed E-state index contributed by atoms with van der Waals surface area (Å²) < 4.78 is 5.02. The average molecular weight is 402 g/mol. The molecule has 0 bridgehead atoms. The minimum absolute atomic E-state index is 0.0883. The lowest BCUT2D eigenvalue weighted by molar-refractivity contribution is -0.114. The molecule has 0 saturated carbocycles. The summed E-state index contributed by atoms with van der Waals surface area (Å²) in [5, 5.41) is 5.65. The number of anilines is 2. The van der Waals surface area contributed by atoms with Crippen molar-refractivity contribution in [1.29, 1.82) is 0 Å². The number of alkyl halides is 2. The Morgan fingerprint density at radius 3 is 2.36 bits per heavy atom. The first-order valence-corrected chi connectivity index (χ1v) is 8.89. The summed E-state index contributed by atoms with van der Waals surface area (Å²) in [5.41, 5.74) is 1.02. The first-order chi connectivity index (χ1) is 11.9. The lowest BCUT2D eigenvalue weighted by atomic mass is 10.1. The van der Waals surface area contributed by atoms with Crippen LogP contribution in [0.1, 0.15) is 36.1 Å². The number of rotatable bonds is 7. The molecule has 2 aromatic rings. The molecule has 1 aromatic heterocycles. The molecule has 1 aromatic carbocycles. The van der Waals surface area contributed by atoms with E-state index in [1.165, 1.54) is 19.0 Å². The van der Waals surface area contributed by atoms with Gasteiger partial charge in [0.25, 0.3) is 0 Å². The molecule has 134 valence electrons.